The summed E-state index contributed by atoms with van der Waals surface area (Å²) < 4.78 is 6.76. The standard InChI is InChI=1S/C17H12BrNO2/c18-16-14-4-2-1-3-11(14)7-10-15(16)21-13-8-5-12(6-9-13)17(19)20/h1-10H,(H2,19,20). The molecule has 0 saturated heterocycles. The summed E-state index contributed by atoms with van der Waals surface area (Å²) in [7, 11) is 0. The molecule has 3 aromatic carbocycles. The van der Waals surface area contributed by atoms with Crippen LogP contribution < -0.4 is 10.5 Å². The quantitative estimate of drug-likeness (QED) is 0.762. The zero-order chi connectivity index (χ0) is 14.8. The van der Waals surface area contributed by atoms with Crippen molar-refractivity contribution in [2.75, 3.05) is 0 Å². The van der Waals surface area contributed by atoms with Gasteiger partial charge < -0.3 is 10.5 Å². The molecule has 3 aromatic rings. The average Bonchev–Trinajstić information content (AvgIpc) is 2.51. The minimum absolute atomic E-state index is 0.451. The van der Waals surface area contributed by atoms with Gasteiger partial charge in [0.1, 0.15) is 11.5 Å². The number of hydrogen-bond donors (Lipinski definition) is 1. The first-order chi connectivity index (χ1) is 10.1. The van der Waals surface area contributed by atoms with Crippen LogP contribution in [0, 0.1) is 0 Å². The Morgan fingerprint density at radius 3 is 2.38 bits per heavy atom. The van der Waals surface area contributed by atoms with E-state index in [1.54, 1.807) is 24.3 Å². The molecule has 3 nitrogen and oxygen atoms in total. The van der Waals surface area contributed by atoms with Gasteiger partial charge in [0, 0.05) is 5.56 Å². The number of rotatable bonds is 3. The minimum Gasteiger partial charge on any atom is -0.456 e. The van der Waals surface area contributed by atoms with Crippen LogP contribution in [0.1, 0.15) is 10.4 Å². The van der Waals surface area contributed by atoms with Gasteiger partial charge in [-0.05, 0) is 57.0 Å². The maximum Gasteiger partial charge on any atom is 0.248 e. The SMILES string of the molecule is NC(=O)c1ccc(Oc2ccc3ccccc3c2Br)cc1. The molecule has 4 heteroatoms. The number of halogens is 1. The fourth-order valence-corrected chi connectivity index (χ4v) is 2.68. The first kappa shape index (κ1) is 13.6. The maximum atomic E-state index is 11.0. The molecule has 0 radical (unpaired) electrons. The molecule has 2 N–H and O–H groups in total. The normalized spacial score (nSPS) is 10.5. The van der Waals surface area contributed by atoms with E-state index in [4.69, 9.17) is 10.5 Å². The van der Waals surface area contributed by atoms with Crippen molar-refractivity contribution < 1.29 is 9.53 Å². The number of fused-ring (bicyclic) bond motifs is 1. The van der Waals surface area contributed by atoms with Crippen molar-refractivity contribution in [2.45, 2.75) is 0 Å². The Bertz CT molecular complexity index is 813. The summed E-state index contributed by atoms with van der Waals surface area (Å²) >= 11 is 3.58. The van der Waals surface area contributed by atoms with Crippen LogP contribution >= 0.6 is 15.9 Å². The molecule has 0 aromatic heterocycles. The van der Waals surface area contributed by atoms with E-state index in [1.165, 1.54) is 0 Å². The summed E-state index contributed by atoms with van der Waals surface area (Å²) in [5.74, 6) is 0.921. The van der Waals surface area contributed by atoms with Crippen molar-refractivity contribution in [1.82, 2.24) is 0 Å². The van der Waals surface area contributed by atoms with Crippen molar-refractivity contribution in [1.29, 1.82) is 0 Å². The van der Waals surface area contributed by atoms with E-state index in [0.29, 0.717) is 11.3 Å². The van der Waals surface area contributed by atoms with Gasteiger partial charge in [-0.1, -0.05) is 30.3 Å². The van der Waals surface area contributed by atoms with Crippen LogP contribution in [0.15, 0.2) is 65.1 Å². The number of nitrogens with two attached hydrogens (primary N) is 1. The number of carbonyl (C=O) groups excluding carboxylic acids is 1. The Labute approximate surface area is 130 Å². The first-order valence-electron chi connectivity index (χ1n) is 6.40. The smallest absolute Gasteiger partial charge is 0.248 e. The molecule has 21 heavy (non-hydrogen) atoms. The number of hydrogen-bond acceptors (Lipinski definition) is 2. The third-order valence-corrected chi connectivity index (χ3v) is 4.01. The van der Waals surface area contributed by atoms with Gasteiger partial charge >= 0.3 is 0 Å². The van der Waals surface area contributed by atoms with Gasteiger partial charge in [0.15, 0.2) is 0 Å². The molecule has 0 unspecified atom stereocenters. The highest BCUT2D eigenvalue weighted by molar-refractivity contribution is 9.10. The van der Waals surface area contributed by atoms with Gasteiger partial charge in [-0.15, -0.1) is 0 Å². The molecule has 0 aliphatic carbocycles. The van der Waals surface area contributed by atoms with Crippen molar-refractivity contribution in [3.8, 4) is 11.5 Å². The summed E-state index contributed by atoms with van der Waals surface area (Å²) in [4.78, 5) is 11.0. The van der Waals surface area contributed by atoms with Gasteiger partial charge in [-0.3, -0.25) is 4.79 Å². The number of primary amides is 1. The Kier molecular flexibility index (Phi) is 3.62. The predicted molar refractivity (Wildman–Crippen MR) is 86.7 cm³/mol. The second kappa shape index (κ2) is 5.58. The Morgan fingerprint density at radius 2 is 1.67 bits per heavy atom. The summed E-state index contributed by atoms with van der Waals surface area (Å²) in [6, 6.07) is 18.7. The third kappa shape index (κ3) is 2.76. The molecule has 0 aliphatic heterocycles. The second-order valence-corrected chi connectivity index (χ2v) is 5.38. The minimum atomic E-state index is -0.451. The van der Waals surface area contributed by atoms with Crippen LogP contribution in [0.3, 0.4) is 0 Å². The lowest BCUT2D eigenvalue weighted by atomic mass is 10.1. The van der Waals surface area contributed by atoms with Gasteiger partial charge in [-0.25, -0.2) is 0 Å². The maximum absolute atomic E-state index is 11.0. The third-order valence-electron chi connectivity index (χ3n) is 3.19. The topological polar surface area (TPSA) is 52.3 Å². The number of benzene rings is 3. The van der Waals surface area contributed by atoms with Crippen LogP contribution in [0.5, 0.6) is 11.5 Å². The molecule has 0 atom stereocenters. The molecule has 0 fully saturated rings. The van der Waals surface area contributed by atoms with Crippen molar-refractivity contribution in [2.24, 2.45) is 5.73 Å². The average molecular weight is 342 g/mol. The number of amides is 1. The molecule has 0 spiro atoms. The van der Waals surface area contributed by atoms with Crippen molar-refractivity contribution in [3.05, 3.63) is 70.7 Å². The Hall–Kier alpha value is -2.33. The van der Waals surface area contributed by atoms with E-state index < -0.39 is 5.91 Å². The summed E-state index contributed by atoms with van der Waals surface area (Å²) in [6.45, 7) is 0. The first-order valence-corrected chi connectivity index (χ1v) is 7.19. The molecule has 3 rings (SSSR count). The second-order valence-electron chi connectivity index (χ2n) is 4.59. The van der Waals surface area contributed by atoms with Gasteiger partial charge in [0.05, 0.1) is 4.47 Å². The molecule has 1 amide bonds. The Balaban J connectivity index is 1.94. The Morgan fingerprint density at radius 1 is 0.952 bits per heavy atom. The van der Waals surface area contributed by atoms with Gasteiger partial charge in [0.2, 0.25) is 5.91 Å². The molecular formula is C17H12BrNO2. The lowest BCUT2D eigenvalue weighted by molar-refractivity contribution is 0.100. The van der Waals surface area contributed by atoms with Gasteiger partial charge in [-0.2, -0.15) is 0 Å². The van der Waals surface area contributed by atoms with Crippen molar-refractivity contribution in [3.63, 3.8) is 0 Å². The van der Waals surface area contributed by atoms with E-state index in [-0.39, 0.29) is 0 Å². The van der Waals surface area contributed by atoms with Crippen LogP contribution in [0.25, 0.3) is 10.8 Å². The van der Waals surface area contributed by atoms with Crippen LogP contribution in [-0.4, -0.2) is 5.91 Å². The van der Waals surface area contributed by atoms with Crippen LogP contribution in [0.2, 0.25) is 0 Å². The zero-order valence-electron chi connectivity index (χ0n) is 11.0. The molecule has 104 valence electrons. The predicted octanol–water partition coefficient (Wildman–Crippen LogP) is 4.49. The van der Waals surface area contributed by atoms with E-state index in [9.17, 15) is 4.79 Å². The fraction of sp³-hybridized carbons (Fsp3) is 0. The highest BCUT2D eigenvalue weighted by atomic mass is 79.9. The van der Waals surface area contributed by atoms with E-state index in [1.807, 2.05) is 36.4 Å². The molecule has 0 heterocycles. The highest BCUT2D eigenvalue weighted by Crippen LogP contribution is 2.35. The summed E-state index contributed by atoms with van der Waals surface area (Å²) in [5.41, 5.74) is 5.67. The van der Waals surface area contributed by atoms with E-state index in [0.717, 1.165) is 21.0 Å². The van der Waals surface area contributed by atoms with Crippen LogP contribution in [-0.2, 0) is 0 Å². The molecule has 0 bridgehead atoms. The lowest BCUT2D eigenvalue weighted by Crippen LogP contribution is -2.10. The summed E-state index contributed by atoms with van der Waals surface area (Å²) in [5, 5.41) is 2.23. The zero-order valence-corrected chi connectivity index (χ0v) is 12.6. The highest BCUT2D eigenvalue weighted by Gasteiger charge is 2.07. The number of carbonyl (C=O) groups is 1. The molecular weight excluding hydrogens is 330 g/mol. The summed E-state index contributed by atoms with van der Waals surface area (Å²) in [6.07, 6.45) is 0. The largest absolute Gasteiger partial charge is 0.456 e. The lowest BCUT2D eigenvalue weighted by Gasteiger charge is -2.10. The van der Waals surface area contributed by atoms with Crippen LogP contribution in [0.4, 0.5) is 0 Å². The monoisotopic (exact) mass is 341 g/mol. The fourth-order valence-electron chi connectivity index (χ4n) is 2.11. The van der Waals surface area contributed by atoms with Gasteiger partial charge in [0.25, 0.3) is 0 Å². The van der Waals surface area contributed by atoms with E-state index >= 15 is 0 Å². The molecule has 0 aliphatic rings. The van der Waals surface area contributed by atoms with E-state index in [2.05, 4.69) is 15.9 Å². The molecule has 0 saturated carbocycles. The van der Waals surface area contributed by atoms with Crippen molar-refractivity contribution >= 4 is 32.6 Å². The number of ether oxygens (including phenoxy) is 1.